The number of hydrogen-bond donors (Lipinski definition) is 0. The van der Waals surface area contributed by atoms with Gasteiger partial charge in [0.25, 0.3) is 0 Å². The van der Waals surface area contributed by atoms with Crippen molar-refractivity contribution in [3.8, 4) is 0 Å². The summed E-state index contributed by atoms with van der Waals surface area (Å²) in [7, 11) is 5.78. The molecule has 1 radical (unpaired) electrons. The average molecular weight is 99.0 g/mol. The molecular weight excluding hydrogens is 84.9 g/mol. The largest absolute Gasteiger partial charge is 0.248 e. The summed E-state index contributed by atoms with van der Waals surface area (Å²) in [5, 5.41) is 0. The Morgan fingerprint density at radius 3 is 1.29 bits per heavy atom. The van der Waals surface area contributed by atoms with Crippen LogP contribution in [0.25, 0.3) is 0 Å². The van der Waals surface area contributed by atoms with E-state index in [1.54, 1.807) is 4.58 Å². The van der Waals surface area contributed by atoms with E-state index in [0.717, 1.165) is 0 Å². The molecule has 0 rings (SSSR count). The SMILES string of the molecule is C=[N+](C)C.C[B]C. The molecule has 0 aliphatic carbocycles. The van der Waals surface area contributed by atoms with Gasteiger partial charge in [-0.25, -0.2) is 4.58 Å². The maximum atomic E-state index is 3.47. The van der Waals surface area contributed by atoms with E-state index in [-0.39, 0.29) is 0 Å². The molecule has 0 amide bonds. The molecule has 0 spiro atoms. The molecule has 0 saturated carbocycles. The van der Waals surface area contributed by atoms with Gasteiger partial charge in [-0.1, -0.05) is 13.6 Å². The number of hydrogen-bond acceptors (Lipinski definition) is 0. The maximum Gasteiger partial charge on any atom is 0.131 e. The smallest absolute Gasteiger partial charge is 0.131 e. The highest BCUT2D eigenvalue weighted by molar-refractivity contribution is 6.31. The fourth-order valence-corrected chi connectivity index (χ4v) is 0. The molecule has 0 aliphatic rings. The molecule has 0 N–H and O–H groups in total. The van der Waals surface area contributed by atoms with Crippen LogP contribution in [0, 0.1) is 0 Å². The molecule has 0 aromatic heterocycles. The molecule has 0 saturated heterocycles. The Hall–Kier alpha value is -0.265. The lowest BCUT2D eigenvalue weighted by Gasteiger charge is -1.65. The van der Waals surface area contributed by atoms with Gasteiger partial charge in [-0.15, -0.1) is 0 Å². The van der Waals surface area contributed by atoms with Crippen LogP contribution in [0.4, 0.5) is 0 Å². The van der Waals surface area contributed by atoms with Crippen molar-refractivity contribution in [1.82, 2.24) is 0 Å². The Labute approximate surface area is 47.3 Å². The summed E-state index contributed by atoms with van der Waals surface area (Å²) >= 11 is 0. The Morgan fingerprint density at radius 2 is 1.29 bits per heavy atom. The highest BCUT2D eigenvalue weighted by Gasteiger charge is 1.53. The summed E-state index contributed by atoms with van der Waals surface area (Å²) in [5.41, 5.74) is 0. The van der Waals surface area contributed by atoms with Crippen LogP contribution in [0.15, 0.2) is 0 Å². The van der Waals surface area contributed by atoms with Crippen LogP contribution in [0.3, 0.4) is 0 Å². The monoisotopic (exact) mass is 99.1 g/mol. The Bertz CT molecular complexity index is 39.3. The van der Waals surface area contributed by atoms with Crippen molar-refractivity contribution in [3.63, 3.8) is 0 Å². The minimum atomic E-state index is 1.75. The lowest BCUT2D eigenvalue weighted by molar-refractivity contribution is -0.454. The molecule has 0 aliphatic heterocycles. The second-order valence-electron chi connectivity index (χ2n) is 1.66. The van der Waals surface area contributed by atoms with Gasteiger partial charge < -0.3 is 0 Å². The number of rotatable bonds is 0. The van der Waals surface area contributed by atoms with E-state index in [1.165, 1.54) is 0 Å². The molecule has 0 aromatic carbocycles. The first kappa shape index (κ1) is 9.88. The molecule has 0 unspecified atom stereocenters. The summed E-state index contributed by atoms with van der Waals surface area (Å²) in [6.07, 6.45) is 0. The van der Waals surface area contributed by atoms with E-state index in [4.69, 9.17) is 0 Å². The fraction of sp³-hybridized carbons (Fsp3) is 0.800. The molecule has 1 nitrogen and oxygen atoms in total. The van der Waals surface area contributed by atoms with Gasteiger partial charge in [0.05, 0.1) is 0 Å². The molecule has 7 heavy (non-hydrogen) atoms. The van der Waals surface area contributed by atoms with Crippen molar-refractivity contribution < 1.29 is 4.58 Å². The highest BCUT2D eigenvalue weighted by Crippen LogP contribution is 1.36. The topological polar surface area (TPSA) is 3.01 Å². The molecule has 0 aromatic rings. The summed E-state index contributed by atoms with van der Waals surface area (Å²) in [6, 6.07) is 0. The fourth-order valence-electron chi connectivity index (χ4n) is 0. The van der Waals surface area contributed by atoms with E-state index in [9.17, 15) is 0 Å². The lowest BCUT2D eigenvalue weighted by Crippen LogP contribution is -1.86. The summed E-state index contributed by atoms with van der Waals surface area (Å²) in [4.78, 5) is 0. The van der Waals surface area contributed by atoms with E-state index in [2.05, 4.69) is 6.72 Å². The van der Waals surface area contributed by atoms with Gasteiger partial charge in [0.1, 0.15) is 28.1 Å². The third-order valence-corrected chi connectivity index (χ3v) is 0. The Balaban J connectivity index is 0. The molecule has 0 atom stereocenters. The molecule has 0 bridgehead atoms. The van der Waals surface area contributed by atoms with Crippen LogP contribution in [0.1, 0.15) is 0 Å². The number of nitrogens with zero attached hydrogens (tertiary/aromatic N) is 1. The van der Waals surface area contributed by atoms with Crippen molar-refractivity contribution in [2.75, 3.05) is 14.1 Å². The van der Waals surface area contributed by atoms with Crippen LogP contribution < -0.4 is 0 Å². The quantitative estimate of drug-likeness (QED) is 0.239. The van der Waals surface area contributed by atoms with Gasteiger partial charge in [-0.3, -0.25) is 0 Å². The van der Waals surface area contributed by atoms with Crippen molar-refractivity contribution in [2.24, 2.45) is 0 Å². The third-order valence-electron chi connectivity index (χ3n) is 0. The lowest BCUT2D eigenvalue weighted by atomic mass is 9.88. The van der Waals surface area contributed by atoms with Crippen molar-refractivity contribution in [2.45, 2.75) is 13.6 Å². The van der Waals surface area contributed by atoms with Crippen LogP contribution in [0.2, 0.25) is 13.6 Å². The Kier molecular flexibility index (Phi) is 13.0. The van der Waals surface area contributed by atoms with E-state index >= 15 is 0 Å². The zero-order valence-corrected chi connectivity index (χ0v) is 5.73. The molecule has 41 valence electrons. The minimum Gasteiger partial charge on any atom is -0.248 e. The van der Waals surface area contributed by atoms with Crippen LogP contribution in [0.5, 0.6) is 0 Å². The maximum absolute atomic E-state index is 3.47. The van der Waals surface area contributed by atoms with Gasteiger partial charge in [0, 0.05) is 0 Å². The van der Waals surface area contributed by atoms with E-state index in [0.29, 0.717) is 0 Å². The van der Waals surface area contributed by atoms with Crippen molar-refractivity contribution >= 4 is 14.0 Å². The minimum absolute atomic E-state index is 1.75. The second kappa shape index (κ2) is 9.22. The molecule has 0 fully saturated rings. The standard InChI is InChI=1S/C3H8N.C2H6B/c1-4(2)3;1-3-2/h1H2,2-3H3;1-2H3/q+1;. The summed E-state index contributed by atoms with van der Waals surface area (Å²) < 4.78 is 1.75. The zero-order chi connectivity index (χ0) is 6.28. The van der Waals surface area contributed by atoms with Gasteiger partial charge in [-0.2, -0.15) is 0 Å². The first-order chi connectivity index (χ1) is 3.15. The van der Waals surface area contributed by atoms with Gasteiger partial charge >= 0.3 is 0 Å². The van der Waals surface area contributed by atoms with Gasteiger partial charge in [0.2, 0.25) is 0 Å². The van der Waals surface area contributed by atoms with Crippen LogP contribution >= 0.6 is 0 Å². The highest BCUT2D eigenvalue weighted by atomic mass is 14.9. The molecule has 0 heterocycles. The summed E-state index contributed by atoms with van der Waals surface area (Å²) in [6.45, 7) is 7.47. The van der Waals surface area contributed by atoms with Gasteiger partial charge in [-0.05, 0) is 0 Å². The molecular formula is C5H14BN+. The normalized spacial score (nSPS) is 5.71. The summed E-state index contributed by atoms with van der Waals surface area (Å²) in [5.74, 6) is 0. The zero-order valence-electron chi connectivity index (χ0n) is 5.73. The van der Waals surface area contributed by atoms with Crippen LogP contribution in [-0.4, -0.2) is 32.7 Å². The first-order valence-corrected chi connectivity index (χ1v) is 2.37. The van der Waals surface area contributed by atoms with Crippen molar-refractivity contribution in [1.29, 1.82) is 0 Å². The third kappa shape index (κ3) is 1140. The predicted molar refractivity (Wildman–Crippen MR) is 36.7 cm³/mol. The van der Waals surface area contributed by atoms with E-state index in [1.807, 2.05) is 35.0 Å². The van der Waals surface area contributed by atoms with E-state index < -0.39 is 0 Å². The first-order valence-electron chi connectivity index (χ1n) is 2.37. The second-order valence-corrected chi connectivity index (χ2v) is 1.66. The Morgan fingerprint density at radius 1 is 1.29 bits per heavy atom. The van der Waals surface area contributed by atoms with Crippen molar-refractivity contribution in [3.05, 3.63) is 0 Å². The predicted octanol–water partition coefficient (Wildman–Crippen LogP) is 0.746. The average Bonchev–Trinajstić information content (AvgIpc) is 1.33. The van der Waals surface area contributed by atoms with Crippen LogP contribution in [-0.2, 0) is 0 Å². The molecule has 2 heteroatoms. The van der Waals surface area contributed by atoms with Gasteiger partial charge in [0.15, 0.2) is 0 Å².